The van der Waals surface area contributed by atoms with Gasteiger partial charge in [0.15, 0.2) is 5.78 Å². The fourth-order valence-corrected chi connectivity index (χ4v) is 2.27. The van der Waals surface area contributed by atoms with Crippen LogP contribution in [0.5, 0.6) is 0 Å². The fourth-order valence-electron chi connectivity index (χ4n) is 1.80. The van der Waals surface area contributed by atoms with Crippen LogP contribution in [0.1, 0.15) is 6.92 Å². The summed E-state index contributed by atoms with van der Waals surface area (Å²) in [6, 6.07) is 4.86. The molecule has 0 bridgehead atoms. The van der Waals surface area contributed by atoms with Crippen LogP contribution >= 0.6 is 0 Å². The van der Waals surface area contributed by atoms with E-state index in [1.165, 1.54) is 25.1 Å². The van der Waals surface area contributed by atoms with Gasteiger partial charge in [-0.3, -0.25) is 10.2 Å². The molecule has 0 amide bonds. The second kappa shape index (κ2) is 9.79. The van der Waals surface area contributed by atoms with Crippen molar-refractivity contribution in [3.05, 3.63) is 47.6 Å². The van der Waals surface area contributed by atoms with Crippen LogP contribution in [0.3, 0.4) is 0 Å². The zero-order chi connectivity index (χ0) is 17.2. The maximum Gasteiger partial charge on any atom is 1.00 e. The number of carboxylic acid groups (broad SMARTS) is 1. The SMILES string of the molecule is CC1=C/C(=N\Nc2ccc(S(=O)(=O)[O-])cc2)C=C(C(=O)[O-])C1=O.[Na+].[Na+]. The number of anilines is 1. The fraction of sp³-hybridized carbons (Fsp3) is 0.0714. The summed E-state index contributed by atoms with van der Waals surface area (Å²) >= 11 is 0. The number of carbonyl (C=O) groups excluding carboxylic acids is 2. The average Bonchev–Trinajstić information content (AvgIpc) is 2.47. The summed E-state index contributed by atoms with van der Waals surface area (Å²) < 4.78 is 32.4. The van der Waals surface area contributed by atoms with Crippen LogP contribution in [0.15, 0.2) is 57.6 Å². The van der Waals surface area contributed by atoms with E-state index in [-0.39, 0.29) is 75.3 Å². The van der Waals surface area contributed by atoms with Crippen molar-refractivity contribution in [2.24, 2.45) is 5.10 Å². The Balaban J connectivity index is 0.00000288. The predicted octanol–water partition coefficient (Wildman–Crippen LogP) is -6.43. The standard InChI is InChI=1S/C14H12N2O6S.2Na/c1-8-6-10(7-12(13(8)17)14(18)19)16-15-9-2-4-11(5-3-9)23(20,21)22;;/h2-7,15H,1H3,(H,18,19)(H,20,21,22);;/q;2*+1/p-2/b16-10+;;. The molecule has 0 radical (unpaired) electrons. The predicted molar refractivity (Wildman–Crippen MR) is 77.3 cm³/mol. The quantitative estimate of drug-likeness (QED) is 0.180. The first-order valence-corrected chi connectivity index (χ1v) is 7.65. The normalized spacial score (nSPS) is 15.4. The molecule has 1 aromatic rings. The molecule has 0 heterocycles. The van der Waals surface area contributed by atoms with E-state index in [9.17, 15) is 27.7 Å². The summed E-state index contributed by atoms with van der Waals surface area (Å²) in [6.45, 7) is 1.45. The monoisotopic (exact) mass is 380 g/mol. The van der Waals surface area contributed by atoms with Gasteiger partial charge in [0.05, 0.1) is 22.3 Å². The molecule has 0 unspecified atom stereocenters. The van der Waals surface area contributed by atoms with Gasteiger partial charge < -0.3 is 14.5 Å². The zero-order valence-corrected chi connectivity index (χ0v) is 18.6. The maximum atomic E-state index is 11.6. The van der Waals surface area contributed by atoms with Crippen molar-refractivity contribution >= 4 is 33.3 Å². The second-order valence-corrected chi connectivity index (χ2v) is 6.01. The molecule has 11 heteroatoms. The molecule has 0 spiro atoms. The van der Waals surface area contributed by atoms with E-state index in [0.29, 0.717) is 5.69 Å². The number of allylic oxidation sites excluding steroid dienone is 3. The summed E-state index contributed by atoms with van der Waals surface area (Å²) in [5.41, 5.74) is 2.81. The van der Waals surface area contributed by atoms with Crippen molar-refractivity contribution in [3.8, 4) is 0 Å². The molecule has 0 saturated carbocycles. The number of benzene rings is 1. The summed E-state index contributed by atoms with van der Waals surface area (Å²) in [7, 11) is -4.53. The third-order valence-corrected chi connectivity index (χ3v) is 3.79. The van der Waals surface area contributed by atoms with E-state index < -0.39 is 27.4 Å². The smallest absolute Gasteiger partial charge is 0.744 e. The summed E-state index contributed by atoms with van der Waals surface area (Å²) in [6.07, 6.45) is 2.45. The number of carbonyl (C=O) groups is 2. The van der Waals surface area contributed by atoms with Crippen LogP contribution in [0, 0.1) is 0 Å². The number of rotatable bonds is 4. The molecule has 120 valence electrons. The molecule has 1 aliphatic carbocycles. The largest absolute Gasteiger partial charge is 1.00 e. The number of aliphatic carboxylic acids is 1. The van der Waals surface area contributed by atoms with Crippen molar-refractivity contribution in [1.82, 2.24) is 0 Å². The number of hydrogen-bond donors (Lipinski definition) is 1. The van der Waals surface area contributed by atoms with Crippen molar-refractivity contribution in [2.75, 3.05) is 5.43 Å². The number of Topliss-reactive ketones (excluding diaryl/α,β-unsaturated/α-hetero) is 1. The van der Waals surface area contributed by atoms with Crippen LogP contribution in [-0.4, -0.2) is 30.4 Å². The van der Waals surface area contributed by atoms with E-state index in [1.807, 2.05) is 0 Å². The van der Waals surface area contributed by atoms with Gasteiger partial charge in [0, 0.05) is 5.57 Å². The Kier molecular flexibility index (Phi) is 9.48. The number of ketones is 1. The van der Waals surface area contributed by atoms with Crippen molar-refractivity contribution in [3.63, 3.8) is 0 Å². The molecule has 0 atom stereocenters. The Morgan fingerprint density at radius 2 is 1.68 bits per heavy atom. The number of hydrogen-bond acceptors (Lipinski definition) is 8. The van der Waals surface area contributed by atoms with Crippen molar-refractivity contribution < 1.29 is 86.8 Å². The Morgan fingerprint density at radius 1 is 1.12 bits per heavy atom. The van der Waals surface area contributed by atoms with E-state index >= 15 is 0 Å². The number of nitrogens with zero attached hydrogens (tertiary/aromatic N) is 1. The first-order chi connectivity index (χ1) is 10.7. The van der Waals surface area contributed by atoms with Gasteiger partial charge in [-0.05, 0) is 48.9 Å². The maximum absolute atomic E-state index is 11.6. The van der Waals surface area contributed by atoms with Gasteiger partial charge in [-0.2, -0.15) is 5.10 Å². The van der Waals surface area contributed by atoms with Crippen molar-refractivity contribution in [2.45, 2.75) is 11.8 Å². The van der Waals surface area contributed by atoms with E-state index in [2.05, 4.69) is 10.5 Å². The molecule has 0 saturated heterocycles. The minimum atomic E-state index is -4.53. The van der Waals surface area contributed by atoms with Crippen LogP contribution in [0.2, 0.25) is 0 Å². The van der Waals surface area contributed by atoms with Gasteiger partial charge >= 0.3 is 59.1 Å². The third-order valence-electron chi connectivity index (χ3n) is 2.94. The topological polar surface area (TPSA) is 139 Å². The Morgan fingerprint density at radius 3 is 2.16 bits per heavy atom. The Hall–Kier alpha value is -0.780. The van der Waals surface area contributed by atoms with E-state index in [0.717, 1.165) is 18.2 Å². The van der Waals surface area contributed by atoms with Gasteiger partial charge in [-0.1, -0.05) is 0 Å². The molecule has 25 heavy (non-hydrogen) atoms. The van der Waals surface area contributed by atoms with Gasteiger partial charge in [-0.15, -0.1) is 0 Å². The van der Waals surface area contributed by atoms with Crippen LogP contribution in [0.25, 0.3) is 0 Å². The summed E-state index contributed by atoms with van der Waals surface area (Å²) in [4.78, 5) is 22.1. The van der Waals surface area contributed by atoms with Gasteiger partial charge in [0.25, 0.3) is 0 Å². The Labute approximate surface area is 188 Å². The molecule has 0 aromatic heterocycles. The molecule has 2 rings (SSSR count). The minimum Gasteiger partial charge on any atom is -0.744 e. The minimum absolute atomic E-state index is 0. The molecule has 1 aliphatic rings. The molecular weight excluding hydrogens is 370 g/mol. The third kappa shape index (κ3) is 6.46. The molecule has 0 aliphatic heterocycles. The van der Waals surface area contributed by atoms with Crippen molar-refractivity contribution in [1.29, 1.82) is 0 Å². The molecule has 1 aromatic carbocycles. The van der Waals surface area contributed by atoms with E-state index in [1.54, 1.807) is 0 Å². The van der Waals surface area contributed by atoms with Crippen LogP contribution in [0.4, 0.5) is 5.69 Å². The molecular formula is C14H10N2Na2O6S. The zero-order valence-electron chi connectivity index (χ0n) is 13.8. The molecule has 1 N–H and O–H groups in total. The summed E-state index contributed by atoms with van der Waals surface area (Å²) in [5, 5.41) is 14.8. The summed E-state index contributed by atoms with van der Waals surface area (Å²) in [5.74, 6) is -2.24. The van der Waals surface area contributed by atoms with Gasteiger partial charge in [-0.25, -0.2) is 8.42 Å². The van der Waals surface area contributed by atoms with E-state index in [4.69, 9.17) is 0 Å². The van der Waals surface area contributed by atoms with Crippen LogP contribution in [-0.2, 0) is 19.7 Å². The van der Waals surface area contributed by atoms with Gasteiger partial charge in [0.1, 0.15) is 10.1 Å². The number of carboxylic acids is 1. The molecule has 8 nitrogen and oxygen atoms in total. The second-order valence-electron chi connectivity index (χ2n) is 4.63. The Bertz CT molecular complexity index is 873. The first kappa shape index (κ1) is 24.2. The average molecular weight is 380 g/mol. The molecule has 0 fully saturated rings. The number of nitrogens with one attached hydrogen (secondary N) is 1. The first-order valence-electron chi connectivity index (χ1n) is 6.24. The van der Waals surface area contributed by atoms with Gasteiger partial charge in [0.2, 0.25) is 0 Å². The van der Waals surface area contributed by atoms with Crippen LogP contribution < -0.4 is 69.6 Å². The number of hydrazone groups is 1.